The number of hydrogen-bond acceptors (Lipinski definition) is 3. The van der Waals surface area contributed by atoms with Crippen LogP contribution in [-0.4, -0.2) is 25.5 Å². The van der Waals surface area contributed by atoms with Gasteiger partial charge in [-0.1, -0.05) is 31.2 Å². The van der Waals surface area contributed by atoms with Gasteiger partial charge < -0.3 is 10.1 Å². The molecule has 0 heterocycles. The van der Waals surface area contributed by atoms with Crippen LogP contribution < -0.4 is 5.32 Å². The van der Waals surface area contributed by atoms with Gasteiger partial charge in [-0.2, -0.15) is 0 Å². The summed E-state index contributed by atoms with van der Waals surface area (Å²) in [4.78, 5) is 22.6. The van der Waals surface area contributed by atoms with Crippen molar-refractivity contribution in [3.63, 3.8) is 0 Å². The molecule has 0 saturated carbocycles. The summed E-state index contributed by atoms with van der Waals surface area (Å²) in [5, 5.41) is 2.83. The lowest BCUT2D eigenvalue weighted by Crippen LogP contribution is -2.37. The summed E-state index contributed by atoms with van der Waals surface area (Å²) in [5.74, 6) is -0.776. The smallest absolute Gasteiger partial charge is 0.315 e. The summed E-state index contributed by atoms with van der Waals surface area (Å²) in [6.07, 6.45) is 1.71. The molecule has 0 radical (unpaired) electrons. The molecule has 4 nitrogen and oxygen atoms in total. The minimum absolute atomic E-state index is 0.0372. The molecule has 0 fully saturated rings. The number of esters is 1. The van der Waals surface area contributed by atoms with Gasteiger partial charge in [0.1, 0.15) is 6.42 Å². The third-order valence-corrected chi connectivity index (χ3v) is 3.60. The molecule has 1 N–H and O–H groups in total. The Kier molecular flexibility index (Phi) is 3.88. The second-order valence-corrected chi connectivity index (χ2v) is 5.46. The summed E-state index contributed by atoms with van der Waals surface area (Å²) >= 11 is 0. The van der Waals surface area contributed by atoms with E-state index in [0.717, 1.165) is 12.8 Å². The second-order valence-electron chi connectivity index (χ2n) is 5.46. The zero-order valence-corrected chi connectivity index (χ0v) is 11.4. The maximum atomic E-state index is 11.6. The lowest BCUT2D eigenvalue weighted by molar-refractivity contribution is -0.143. The number of benzene rings is 1. The molecule has 19 heavy (non-hydrogen) atoms. The Balaban J connectivity index is 1.88. The van der Waals surface area contributed by atoms with Crippen molar-refractivity contribution in [2.45, 2.75) is 26.2 Å². The van der Waals surface area contributed by atoms with E-state index in [1.165, 1.54) is 18.2 Å². The molecule has 0 bridgehead atoms. The van der Waals surface area contributed by atoms with Gasteiger partial charge in [0, 0.05) is 6.54 Å². The van der Waals surface area contributed by atoms with Gasteiger partial charge in [-0.3, -0.25) is 9.59 Å². The highest BCUT2D eigenvalue weighted by Crippen LogP contribution is 2.35. The molecule has 102 valence electrons. The lowest BCUT2D eigenvalue weighted by atomic mass is 9.87. The van der Waals surface area contributed by atoms with Crippen LogP contribution in [0.15, 0.2) is 24.3 Å². The van der Waals surface area contributed by atoms with E-state index >= 15 is 0 Å². The fourth-order valence-electron chi connectivity index (χ4n) is 2.59. The molecule has 0 spiro atoms. The zero-order valence-electron chi connectivity index (χ0n) is 11.4. The van der Waals surface area contributed by atoms with Crippen LogP contribution in [0, 0.1) is 5.41 Å². The van der Waals surface area contributed by atoms with Crippen molar-refractivity contribution >= 4 is 11.9 Å². The first-order valence-electron chi connectivity index (χ1n) is 6.43. The molecule has 0 atom stereocenters. The van der Waals surface area contributed by atoms with Gasteiger partial charge >= 0.3 is 5.97 Å². The summed E-state index contributed by atoms with van der Waals surface area (Å²) in [5.41, 5.74) is 2.74. The lowest BCUT2D eigenvalue weighted by Gasteiger charge is -2.23. The Morgan fingerprint density at radius 3 is 2.37 bits per heavy atom. The molecule has 4 heteroatoms. The van der Waals surface area contributed by atoms with Crippen LogP contribution >= 0.6 is 0 Å². The molecule has 1 aliphatic rings. The summed E-state index contributed by atoms with van der Waals surface area (Å²) in [6.45, 7) is 2.74. The first kappa shape index (κ1) is 13.6. The van der Waals surface area contributed by atoms with Crippen molar-refractivity contribution in [3.8, 4) is 0 Å². The van der Waals surface area contributed by atoms with Crippen LogP contribution in [0.4, 0.5) is 0 Å². The van der Waals surface area contributed by atoms with E-state index in [9.17, 15) is 9.59 Å². The number of amides is 1. The predicted octanol–water partition coefficient (Wildman–Crippen LogP) is 1.47. The minimum Gasteiger partial charge on any atom is -0.469 e. The highest BCUT2D eigenvalue weighted by molar-refractivity contribution is 5.94. The van der Waals surface area contributed by atoms with E-state index in [4.69, 9.17) is 0 Å². The van der Waals surface area contributed by atoms with Crippen LogP contribution in [0.3, 0.4) is 0 Å². The fraction of sp³-hybridized carbons (Fsp3) is 0.467. The van der Waals surface area contributed by atoms with Crippen molar-refractivity contribution in [1.82, 2.24) is 5.32 Å². The van der Waals surface area contributed by atoms with Crippen molar-refractivity contribution in [1.29, 1.82) is 0 Å². The fourth-order valence-corrected chi connectivity index (χ4v) is 2.59. The number of carbonyl (C=O) groups excluding carboxylic acids is 2. The van der Waals surface area contributed by atoms with Gasteiger partial charge in [0.2, 0.25) is 5.91 Å². The highest BCUT2D eigenvalue weighted by atomic mass is 16.5. The van der Waals surface area contributed by atoms with Gasteiger partial charge in [-0.15, -0.1) is 0 Å². The molecule has 0 aromatic heterocycles. The number of fused-ring (bicyclic) bond motifs is 1. The summed E-state index contributed by atoms with van der Waals surface area (Å²) in [7, 11) is 1.28. The Bertz CT molecular complexity index is 471. The van der Waals surface area contributed by atoms with Crippen molar-refractivity contribution in [2.75, 3.05) is 13.7 Å². The van der Waals surface area contributed by atoms with Crippen LogP contribution in [-0.2, 0) is 27.2 Å². The molecular formula is C15H19NO3. The van der Waals surface area contributed by atoms with E-state index in [2.05, 4.69) is 29.1 Å². The number of nitrogens with one attached hydrogen (secondary N) is 1. The van der Waals surface area contributed by atoms with Crippen LogP contribution in [0.1, 0.15) is 24.5 Å². The zero-order chi connectivity index (χ0) is 13.9. The quantitative estimate of drug-likeness (QED) is 0.659. The topological polar surface area (TPSA) is 55.4 Å². The van der Waals surface area contributed by atoms with E-state index in [0.29, 0.717) is 6.54 Å². The van der Waals surface area contributed by atoms with E-state index in [1.807, 2.05) is 12.1 Å². The van der Waals surface area contributed by atoms with Gasteiger partial charge in [-0.25, -0.2) is 0 Å². The van der Waals surface area contributed by atoms with Gasteiger partial charge in [0.05, 0.1) is 7.11 Å². The Morgan fingerprint density at radius 1 is 1.26 bits per heavy atom. The number of hydrogen-bond donors (Lipinski definition) is 1. The third kappa shape index (κ3) is 3.34. The molecule has 1 aromatic carbocycles. The van der Waals surface area contributed by atoms with Crippen LogP contribution in [0.2, 0.25) is 0 Å². The molecule has 2 rings (SSSR count). The van der Waals surface area contributed by atoms with Gasteiger partial charge in [0.25, 0.3) is 0 Å². The Labute approximate surface area is 113 Å². The molecule has 1 aliphatic carbocycles. The van der Waals surface area contributed by atoms with E-state index < -0.39 is 5.97 Å². The van der Waals surface area contributed by atoms with Gasteiger partial charge in [0.15, 0.2) is 0 Å². The summed E-state index contributed by atoms with van der Waals surface area (Å²) < 4.78 is 4.47. The highest BCUT2D eigenvalue weighted by Gasteiger charge is 2.32. The van der Waals surface area contributed by atoms with Crippen molar-refractivity contribution < 1.29 is 14.3 Å². The van der Waals surface area contributed by atoms with Crippen molar-refractivity contribution in [3.05, 3.63) is 35.4 Å². The average Bonchev–Trinajstić information content (AvgIpc) is 2.73. The minimum atomic E-state index is -0.502. The van der Waals surface area contributed by atoms with E-state index in [-0.39, 0.29) is 17.7 Å². The molecule has 0 aliphatic heterocycles. The second kappa shape index (κ2) is 5.43. The Morgan fingerprint density at radius 2 is 1.84 bits per heavy atom. The predicted molar refractivity (Wildman–Crippen MR) is 71.6 cm³/mol. The number of ether oxygens (including phenoxy) is 1. The third-order valence-electron chi connectivity index (χ3n) is 3.60. The van der Waals surface area contributed by atoms with Crippen LogP contribution in [0.5, 0.6) is 0 Å². The first-order chi connectivity index (χ1) is 9.02. The normalized spacial score (nSPS) is 15.7. The molecule has 1 amide bonds. The molecule has 1 aromatic rings. The standard InChI is InChI=1S/C15H19NO3/c1-15(10-16-13(17)7-14(18)19-2)8-11-5-3-4-6-12(11)9-15/h3-6H,7-10H2,1-2H3,(H,16,17). The monoisotopic (exact) mass is 261 g/mol. The van der Waals surface area contributed by atoms with Gasteiger partial charge in [-0.05, 0) is 29.4 Å². The SMILES string of the molecule is COC(=O)CC(=O)NCC1(C)Cc2ccccc2C1. The van der Waals surface area contributed by atoms with Crippen molar-refractivity contribution in [2.24, 2.45) is 5.41 Å². The van der Waals surface area contributed by atoms with Crippen LogP contribution in [0.25, 0.3) is 0 Å². The molecule has 0 unspecified atom stereocenters. The number of rotatable bonds is 4. The molecule has 0 saturated heterocycles. The summed E-state index contributed by atoms with van der Waals surface area (Å²) in [6, 6.07) is 8.36. The number of methoxy groups -OCH3 is 1. The Hall–Kier alpha value is -1.84. The van der Waals surface area contributed by atoms with E-state index in [1.54, 1.807) is 0 Å². The molecular weight excluding hydrogens is 242 g/mol. The average molecular weight is 261 g/mol. The number of carbonyl (C=O) groups is 2. The largest absolute Gasteiger partial charge is 0.469 e. The maximum Gasteiger partial charge on any atom is 0.315 e. The maximum absolute atomic E-state index is 11.6. The first-order valence-corrected chi connectivity index (χ1v) is 6.43.